The van der Waals surface area contributed by atoms with E-state index in [2.05, 4.69) is 17.1 Å². The molecule has 0 spiro atoms. The third-order valence-electron chi connectivity index (χ3n) is 3.97. The average molecular weight is 311 g/mol. The number of nitrogens with two attached hydrogens (primary N) is 1. The smallest absolute Gasteiger partial charge is 0.194 e. The number of carbonyl (C=O) groups excluding carboxylic acids is 1. The van der Waals surface area contributed by atoms with E-state index in [0.29, 0.717) is 24.1 Å². The van der Waals surface area contributed by atoms with Crippen molar-refractivity contribution in [3.05, 3.63) is 58.9 Å². The van der Waals surface area contributed by atoms with E-state index in [9.17, 15) is 4.79 Å². The largest absolute Gasteiger partial charge is 0.401 e. The predicted molar refractivity (Wildman–Crippen MR) is 95.3 cm³/mol. The summed E-state index contributed by atoms with van der Waals surface area (Å²) in [7, 11) is 5.58. The molecule has 1 aromatic carbocycles. The lowest BCUT2D eigenvalue weighted by atomic mass is 9.86. The molecule has 0 saturated heterocycles. The second kappa shape index (κ2) is 7.77. The Kier molecular flexibility index (Phi) is 5.74. The molecule has 0 bridgehead atoms. The molecule has 1 aromatic rings. The zero-order valence-corrected chi connectivity index (χ0v) is 14.2. The second-order valence-electron chi connectivity index (χ2n) is 6.00. The van der Waals surface area contributed by atoms with E-state index >= 15 is 0 Å². The SMILES string of the molecule is CN=C(CCc1ccccc1)C1=C(N)CC/C(=C\N(C)C)C1=O. The summed E-state index contributed by atoms with van der Waals surface area (Å²) in [6.45, 7) is 0. The molecule has 0 radical (unpaired) electrons. The summed E-state index contributed by atoms with van der Waals surface area (Å²) in [6.07, 6.45) is 4.87. The Morgan fingerprint density at radius 2 is 1.96 bits per heavy atom. The highest BCUT2D eigenvalue weighted by Crippen LogP contribution is 2.26. The number of nitrogens with zero attached hydrogens (tertiary/aromatic N) is 2. The molecular weight excluding hydrogens is 286 g/mol. The number of carbonyl (C=O) groups is 1. The molecule has 0 aliphatic heterocycles. The van der Waals surface area contributed by atoms with Crippen molar-refractivity contribution in [2.45, 2.75) is 25.7 Å². The summed E-state index contributed by atoms with van der Waals surface area (Å²) in [5.41, 5.74) is 10.3. The Labute approximate surface area is 138 Å². The van der Waals surface area contributed by atoms with Gasteiger partial charge in [0.15, 0.2) is 5.78 Å². The Bertz CT molecular complexity index is 654. The second-order valence-corrected chi connectivity index (χ2v) is 6.00. The summed E-state index contributed by atoms with van der Waals surface area (Å²) < 4.78 is 0. The van der Waals surface area contributed by atoms with Gasteiger partial charge in [-0.3, -0.25) is 9.79 Å². The molecule has 23 heavy (non-hydrogen) atoms. The van der Waals surface area contributed by atoms with Crippen LogP contribution in [0.3, 0.4) is 0 Å². The average Bonchev–Trinajstić information content (AvgIpc) is 2.54. The summed E-state index contributed by atoms with van der Waals surface area (Å²) >= 11 is 0. The van der Waals surface area contributed by atoms with Gasteiger partial charge in [-0.25, -0.2) is 0 Å². The molecule has 0 saturated carbocycles. The maximum atomic E-state index is 12.8. The Balaban J connectivity index is 2.20. The van der Waals surface area contributed by atoms with E-state index in [0.717, 1.165) is 24.1 Å². The van der Waals surface area contributed by atoms with Crippen LogP contribution in [0.2, 0.25) is 0 Å². The van der Waals surface area contributed by atoms with Crippen LogP contribution < -0.4 is 5.73 Å². The molecule has 122 valence electrons. The van der Waals surface area contributed by atoms with Crippen molar-refractivity contribution in [1.82, 2.24) is 4.90 Å². The van der Waals surface area contributed by atoms with Crippen molar-refractivity contribution in [1.29, 1.82) is 0 Å². The monoisotopic (exact) mass is 311 g/mol. The molecule has 0 aromatic heterocycles. The van der Waals surface area contributed by atoms with E-state index in [1.54, 1.807) is 7.05 Å². The molecule has 0 fully saturated rings. The summed E-state index contributed by atoms with van der Waals surface area (Å²) in [6, 6.07) is 10.2. The fourth-order valence-corrected chi connectivity index (χ4v) is 2.82. The number of aryl methyl sites for hydroxylation is 1. The summed E-state index contributed by atoms with van der Waals surface area (Å²) in [5, 5.41) is 0. The number of hydrogen-bond acceptors (Lipinski definition) is 4. The predicted octanol–water partition coefficient (Wildman–Crippen LogP) is 2.71. The van der Waals surface area contributed by atoms with Gasteiger partial charge in [0.1, 0.15) is 0 Å². The van der Waals surface area contributed by atoms with E-state index < -0.39 is 0 Å². The number of rotatable bonds is 5. The van der Waals surface area contributed by atoms with Crippen LogP contribution in [-0.4, -0.2) is 37.5 Å². The standard InChI is InChI=1S/C19H25N3O/c1-21-17(12-9-14-7-5-4-6-8-14)18-16(20)11-10-15(19(18)23)13-22(2)3/h4-8,13H,9-12,20H2,1-3H3/b15-13+,21-17?. The zero-order chi connectivity index (χ0) is 16.8. The highest BCUT2D eigenvalue weighted by molar-refractivity contribution is 6.28. The molecule has 0 unspecified atom stereocenters. The molecular formula is C19H25N3O. The van der Waals surface area contributed by atoms with Gasteiger partial charge >= 0.3 is 0 Å². The van der Waals surface area contributed by atoms with Crippen LogP contribution in [0.15, 0.2) is 58.4 Å². The molecule has 1 aliphatic carbocycles. The van der Waals surface area contributed by atoms with Crippen molar-refractivity contribution < 1.29 is 4.79 Å². The zero-order valence-electron chi connectivity index (χ0n) is 14.2. The molecule has 2 rings (SSSR count). The molecule has 0 atom stereocenters. The summed E-state index contributed by atoms with van der Waals surface area (Å²) in [5.74, 6) is 0.0242. The fraction of sp³-hybridized carbons (Fsp3) is 0.368. The van der Waals surface area contributed by atoms with Crippen molar-refractivity contribution in [3.63, 3.8) is 0 Å². The third kappa shape index (κ3) is 4.31. The van der Waals surface area contributed by atoms with Gasteiger partial charge in [0.25, 0.3) is 0 Å². The van der Waals surface area contributed by atoms with Crippen LogP contribution in [0.4, 0.5) is 0 Å². The molecule has 0 heterocycles. The number of allylic oxidation sites excluding steroid dienone is 3. The van der Waals surface area contributed by atoms with Gasteiger partial charge < -0.3 is 10.6 Å². The number of aliphatic imine (C=N–C) groups is 1. The quantitative estimate of drug-likeness (QED) is 0.672. The number of Topliss-reactive ketones (excluding diaryl/α,β-unsaturated/α-hetero) is 1. The van der Waals surface area contributed by atoms with E-state index in [4.69, 9.17) is 5.73 Å². The van der Waals surface area contributed by atoms with Gasteiger partial charge in [-0.2, -0.15) is 0 Å². The van der Waals surface area contributed by atoms with Crippen LogP contribution in [0.25, 0.3) is 0 Å². The summed E-state index contributed by atoms with van der Waals surface area (Å²) in [4.78, 5) is 19.0. The van der Waals surface area contributed by atoms with E-state index in [1.807, 2.05) is 43.4 Å². The maximum absolute atomic E-state index is 12.8. The Hall–Kier alpha value is -2.36. The number of hydrogen-bond donors (Lipinski definition) is 1. The topological polar surface area (TPSA) is 58.7 Å². The van der Waals surface area contributed by atoms with E-state index in [-0.39, 0.29) is 5.78 Å². The highest BCUT2D eigenvalue weighted by atomic mass is 16.1. The van der Waals surface area contributed by atoms with Gasteiger partial charge in [0.05, 0.1) is 5.57 Å². The maximum Gasteiger partial charge on any atom is 0.194 e. The molecule has 0 amide bonds. The molecule has 1 aliphatic rings. The number of benzene rings is 1. The van der Waals surface area contributed by atoms with E-state index in [1.165, 1.54) is 5.56 Å². The van der Waals surface area contributed by atoms with Crippen molar-refractivity contribution in [2.75, 3.05) is 21.1 Å². The van der Waals surface area contributed by atoms with Crippen molar-refractivity contribution in [2.24, 2.45) is 10.7 Å². The lowest BCUT2D eigenvalue weighted by Gasteiger charge is -2.21. The van der Waals surface area contributed by atoms with Crippen LogP contribution in [0, 0.1) is 0 Å². The van der Waals surface area contributed by atoms with Crippen LogP contribution >= 0.6 is 0 Å². The highest BCUT2D eigenvalue weighted by Gasteiger charge is 2.27. The third-order valence-corrected chi connectivity index (χ3v) is 3.97. The van der Waals surface area contributed by atoms with Crippen LogP contribution in [-0.2, 0) is 11.2 Å². The molecule has 4 nitrogen and oxygen atoms in total. The van der Waals surface area contributed by atoms with Crippen molar-refractivity contribution in [3.8, 4) is 0 Å². The number of ketones is 1. The minimum Gasteiger partial charge on any atom is -0.401 e. The van der Waals surface area contributed by atoms with Gasteiger partial charge in [-0.1, -0.05) is 30.3 Å². The molecule has 2 N–H and O–H groups in total. The molecule has 4 heteroatoms. The minimum atomic E-state index is 0.0242. The van der Waals surface area contributed by atoms with Crippen LogP contribution in [0.5, 0.6) is 0 Å². The van der Waals surface area contributed by atoms with Gasteiger partial charge in [-0.05, 0) is 31.2 Å². The first-order chi connectivity index (χ1) is 11.0. The van der Waals surface area contributed by atoms with Gasteiger partial charge in [0.2, 0.25) is 0 Å². The normalized spacial score (nSPS) is 17.8. The first-order valence-electron chi connectivity index (χ1n) is 7.93. The Morgan fingerprint density at radius 1 is 1.26 bits per heavy atom. The lowest BCUT2D eigenvalue weighted by Crippen LogP contribution is -2.26. The fourth-order valence-electron chi connectivity index (χ4n) is 2.82. The lowest BCUT2D eigenvalue weighted by molar-refractivity contribution is -0.112. The first-order valence-corrected chi connectivity index (χ1v) is 7.93. The van der Waals surface area contributed by atoms with Gasteiger partial charge in [0, 0.05) is 44.3 Å². The Morgan fingerprint density at radius 3 is 2.57 bits per heavy atom. The van der Waals surface area contributed by atoms with Gasteiger partial charge in [-0.15, -0.1) is 0 Å². The first kappa shape index (κ1) is 17.0. The minimum absolute atomic E-state index is 0.0242. The van der Waals surface area contributed by atoms with Crippen LogP contribution in [0.1, 0.15) is 24.8 Å². The van der Waals surface area contributed by atoms with Crippen molar-refractivity contribution >= 4 is 11.5 Å².